The Morgan fingerprint density at radius 3 is 2.52 bits per heavy atom. The maximum Gasteiger partial charge on any atom is 0.253 e. The van der Waals surface area contributed by atoms with Crippen LogP contribution in [0, 0.1) is 6.92 Å². The second kappa shape index (κ2) is 6.69. The quantitative estimate of drug-likeness (QED) is 0.498. The minimum absolute atomic E-state index is 0.00946. The highest BCUT2D eigenvalue weighted by molar-refractivity contribution is 9.10. The number of aryl methyl sites for hydroxylation is 1. The highest BCUT2D eigenvalue weighted by Crippen LogP contribution is 2.11. The molecule has 6 heteroatoms. The zero-order valence-corrected chi connectivity index (χ0v) is 13.2. The molecule has 0 atom stereocenters. The molecule has 0 saturated carbocycles. The SMILES string of the molecule is Cc1cc(Br)cn(Cc2ccc(CC(=O)NN)cc2)c1=O. The van der Waals surface area contributed by atoms with Crippen molar-refractivity contribution in [2.75, 3.05) is 0 Å². The number of hydrazine groups is 1. The Kier molecular flexibility index (Phi) is 4.93. The summed E-state index contributed by atoms with van der Waals surface area (Å²) in [5.41, 5.74) is 4.65. The van der Waals surface area contributed by atoms with E-state index in [0.717, 1.165) is 15.6 Å². The molecule has 2 rings (SSSR count). The van der Waals surface area contributed by atoms with Gasteiger partial charge in [-0.25, -0.2) is 5.84 Å². The van der Waals surface area contributed by atoms with Gasteiger partial charge in [-0.15, -0.1) is 0 Å². The van der Waals surface area contributed by atoms with Crippen molar-refractivity contribution in [1.82, 2.24) is 9.99 Å². The molecule has 21 heavy (non-hydrogen) atoms. The molecule has 2 aromatic rings. The zero-order chi connectivity index (χ0) is 15.4. The number of hydrogen-bond acceptors (Lipinski definition) is 3. The van der Waals surface area contributed by atoms with Gasteiger partial charge in [-0.05, 0) is 40.0 Å². The average molecular weight is 350 g/mol. The fraction of sp³-hybridized carbons (Fsp3) is 0.200. The maximum atomic E-state index is 12.1. The van der Waals surface area contributed by atoms with Crippen molar-refractivity contribution >= 4 is 21.8 Å². The molecule has 1 amide bonds. The number of rotatable bonds is 4. The van der Waals surface area contributed by atoms with Crippen molar-refractivity contribution in [3.63, 3.8) is 0 Å². The lowest BCUT2D eigenvalue weighted by molar-refractivity contribution is -0.120. The van der Waals surface area contributed by atoms with Crippen molar-refractivity contribution in [3.8, 4) is 0 Å². The van der Waals surface area contributed by atoms with Gasteiger partial charge in [0.05, 0.1) is 13.0 Å². The summed E-state index contributed by atoms with van der Waals surface area (Å²) in [6.07, 6.45) is 2.01. The molecule has 110 valence electrons. The second-order valence-corrected chi connectivity index (χ2v) is 5.75. The number of pyridine rings is 1. The lowest BCUT2D eigenvalue weighted by Gasteiger charge is -2.09. The van der Waals surface area contributed by atoms with Gasteiger partial charge in [0.2, 0.25) is 5.91 Å². The largest absolute Gasteiger partial charge is 0.310 e. The van der Waals surface area contributed by atoms with Crippen molar-refractivity contribution < 1.29 is 4.79 Å². The lowest BCUT2D eigenvalue weighted by atomic mass is 10.1. The standard InChI is InChI=1S/C15H16BrN3O2/c1-10-6-13(16)9-19(15(10)21)8-12-4-2-11(3-5-12)7-14(20)18-17/h2-6,9H,7-8,17H2,1H3,(H,18,20). The van der Waals surface area contributed by atoms with E-state index in [1.54, 1.807) is 23.8 Å². The van der Waals surface area contributed by atoms with Crippen molar-refractivity contribution in [2.24, 2.45) is 5.84 Å². The van der Waals surface area contributed by atoms with Gasteiger partial charge in [-0.1, -0.05) is 24.3 Å². The maximum absolute atomic E-state index is 12.1. The lowest BCUT2D eigenvalue weighted by Crippen LogP contribution is -2.31. The Hall–Kier alpha value is -1.92. The van der Waals surface area contributed by atoms with E-state index in [1.807, 2.05) is 24.3 Å². The van der Waals surface area contributed by atoms with Gasteiger partial charge in [0.15, 0.2) is 0 Å². The van der Waals surface area contributed by atoms with Crippen LogP contribution in [0.1, 0.15) is 16.7 Å². The van der Waals surface area contributed by atoms with Gasteiger partial charge in [0.1, 0.15) is 0 Å². The molecule has 0 bridgehead atoms. The van der Waals surface area contributed by atoms with Crippen LogP contribution < -0.4 is 16.8 Å². The summed E-state index contributed by atoms with van der Waals surface area (Å²) in [7, 11) is 0. The van der Waals surface area contributed by atoms with Gasteiger partial charge in [-0.3, -0.25) is 15.0 Å². The Bertz CT molecular complexity index is 708. The molecule has 0 saturated heterocycles. The van der Waals surface area contributed by atoms with Gasteiger partial charge in [0.25, 0.3) is 5.56 Å². The Morgan fingerprint density at radius 1 is 1.29 bits per heavy atom. The number of nitrogens with one attached hydrogen (secondary N) is 1. The molecular weight excluding hydrogens is 334 g/mol. The van der Waals surface area contributed by atoms with E-state index in [9.17, 15) is 9.59 Å². The monoisotopic (exact) mass is 349 g/mol. The Labute approximate surface area is 130 Å². The molecular formula is C15H16BrN3O2. The summed E-state index contributed by atoms with van der Waals surface area (Å²) >= 11 is 3.39. The number of benzene rings is 1. The van der Waals surface area contributed by atoms with Crippen molar-refractivity contribution in [1.29, 1.82) is 0 Å². The highest BCUT2D eigenvalue weighted by atomic mass is 79.9. The Morgan fingerprint density at radius 2 is 1.90 bits per heavy atom. The van der Waals surface area contributed by atoms with Gasteiger partial charge in [0, 0.05) is 16.2 Å². The molecule has 0 aliphatic rings. The molecule has 0 aliphatic heterocycles. The summed E-state index contributed by atoms with van der Waals surface area (Å²) in [4.78, 5) is 23.2. The number of carbonyl (C=O) groups excluding carboxylic acids is 1. The molecule has 1 aromatic carbocycles. The smallest absolute Gasteiger partial charge is 0.253 e. The van der Waals surface area contributed by atoms with Crippen LogP contribution in [-0.4, -0.2) is 10.5 Å². The topological polar surface area (TPSA) is 77.1 Å². The van der Waals surface area contributed by atoms with Crippen LogP contribution in [0.3, 0.4) is 0 Å². The number of nitrogens with zero attached hydrogens (tertiary/aromatic N) is 1. The molecule has 1 aromatic heterocycles. The van der Waals surface area contributed by atoms with Gasteiger partial charge in [-0.2, -0.15) is 0 Å². The third kappa shape index (κ3) is 4.03. The first-order valence-electron chi connectivity index (χ1n) is 6.43. The number of aromatic nitrogens is 1. The van der Waals surface area contributed by atoms with E-state index in [1.165, 1.54) is 0 Å². The first-order valence-corrected chi connectivity index (χ1v) is 7.22. The summed E-state index contributed by atoms with van der Waals surface area (Å²) in [6.45, 7) is 2.28. The van der Waals surface area contributed by atoms with Crippen molar-refractivity contribution in [2.45, 2.75) is 19.9 Å². The predicted octanol–water partition coefficient (Wildman–Crippen LogP) is 1.50. The third-order valence-corrected chi connectivity index (χ3v) is 3.57. The number of nitrogens with two attached hydrogens (primary N) is 1. The normalized spacial score (nSPS) is 10.4. The molecule has 1 heterocycles. The Balaban J connectivity index is 2.17. The summed E-state index contributed by atoms with van der Waals surface area (Å²) in [5, 5.41) is 0. The number of hydrogen-bond donors (Lipinski definition) is 2. The van der Waals surface area contributed by atoms with Gasteiger partial charge >= 0.3 is 0 Å². The third-order valence-electron chi connectivity index (χ3n) is 3.13. The van der Waals surface area contributed by atoms with Gasteiger partial charge < -0.3 is 4.57 Å². The fourth-order valence-corrected chi connectivity index (χ4v) is 2.64. The van der Waals surface area contributed by atoms with Crippen LogP contribution >= 0.6 is 15.9 Å². The first-order chi connectivity index (χ1) is 9.99. The van der Waals surface area contributed by atoms with Crippen LogP contribution in [-0.2, 0) is 17.8 Å². The minimum atomic E-state index is -0.235. The number of halogens is 1. The van der Waals surface area contributed by atoms with Crippen LogP contribution in [0.2, 0.25) is 0 Å². The number of amides is 1. The van der Waals surface area contributed by atoms with E-state index >= 15 is 0 Å². The van der Waals surface area contributed by atoms with Crippen LogP contribution in [0.5, 0.6) is 0 Å². The molecule has 3 N–H and O–H groups in total. The van der Waals surface area contributed by atoms with Crippen molar-refractivity contribution in [3.05, 3.63) is 68.0 Å². The first kappa shape index (κ1) is 15.5. The van der Waals surface area contributed by atoms with E-state index in [-0.39, 0.29) is 17.9 Å². The zero-order valence-electron chi connectivity index (χ0n) is 11.6. The predicted molar refractivity (Wildman–Crippen MR) is 84.7 cm³/mol. The number of carbonyl (C=O) groups is 1. The van der Waals surface area contributed by atoms with Crippen LogP contribution in [0.15, 0.2) is 45.8 Å². The summed E-state index contributed by atoms with van der Waals surface area (Å²) in [5.74, 6) is 4.82. The van der Waals surface area contributed by atoms with E-state index in [0.29, 0.717) is 12.1 Å². The minimum Gasteiger partial charge on any atom is -0.310 e. The van der Waals surface area contributed by atoms with E-state index in [4.69, 9.17) is 5.84 Å². The summed E-state index contributed by atoms with van der Waals surface area (Å²) in [6, 6.07) is 9.33. The van der Waals surface area contributed by atoms with E-state index < -0.39 is 0 Å². The second-order valence-electron chi connectivity index (χ2n) is 4.84. The molecule has 0 fully saturated rings. The summed E-state index contributed by atoms with van der Waals surface area (Å²) < 4.78 is 2.52. The fourth-order valence-electron chi connectivity index (χ4n) is 2.05. The highest BCUT2D eigenvalue weighted by Gasteiger charge is 2.04. The molecule has 0 spiro atoms. The molecule has 0 radical (unpaired) electrons. The van der Waals surface area contributed by atoms with E-state index in [2.05, 4.69) is 21.4 Å². The van der Waals surface area contributed by atoms with Crippen LogP contribution in [0.4, 0.5) is 0 Å². The van der Waals surface area contributed by atoms with Crippen LogP contribution in [0.25, 0.3) is 0 Å². The molecule has 0 aliphatic carbocycles. The molecule has 5 nitrogen and oxygen atoms in total. The molecule has 0 unspecified atom stereocenters. The average Bonchev–Trinajstić information content (AvgIpc) is 2.46.